The molecule has 0 heterocycles. The van der Waals surface area contributed by atoms with E-state index in [1.807, 2.05) is 25.1 Å². The fraction of sp³-hybridized carbons (Fsp3) is 0.429. The van der Waals surface area contributed by atoms with Crippen LogP contribution in [-0.4, -0.2) is 25.8 Å². The summed E-state index contributed by atoms with van der Waals surface area (Å²) in [6.45, 7) is 2.03. The van der Waals surface area contributed by atoms with Gasteiger partial charge in [-0.25, -0.2) is 8.42 Å². The SMILES string of the molecule is CCc1ccc(NC(=O)CS(=O)(=O)CCCC#N)cc1. The van der Waals surface area contributed by atoms with Gasteiger partial charge in [0.05, 0.1) is 11.8 Å². The molecule has 0 aliphatic rings. The highest BCUT2D eigenvalue weighted by Crippen LogP contribution is 2.10. The molecule has 0 aliphatic heterocycles. The zero-order valence-electron chi connectivity index (χ0n) is 11.4. The first-order valence-corrected chi connectivity index (χ1v) is 8.25. The average Bonchev–Trinajstić information content (AvgIpc) is 2.39. The molecule has 0 aromatic heterocycles. The van der Waals surface area contributed by atoms with Gasteiger partial charge in [-0.05, 0) is 30.5 Å². The van der Waals surface area contributed by atoms with Gasteiger partial charge >= 0.3 is 0 Å². The predicted molar refractivity (Wildman–Crippen MR) is 78.0 cm³/mol. The molecule has 6 heteroatoms. The second kappa shape index (κ2) is 7.65. The Balaban J connectivity index is 2.52. The number of unbranched alkanes of at least 4 members (excludes halogenated alkanes) is 1. The van der Waals surface area contributed by atoms with Crippen LogP contribution in [0.15, 0.2) is 24.3 Å². The highest BCUT2D eigenvalue weighted by atomic mass is 32.2. The average molecular weight is 294 g/mol. The minimum atomic E-state index is -3.45. The lowest BCUT2D eigenvalue weighted by atomic mass is 10.1. The van der Waals surface area contributed by atoms with Crippen molar-refractivity contribution in [2.75, 3.05) is 16.8 Å². The summed E-state index contributed by atoms with van der Waals surface area (Å²) in [6.07, 6.45) is 1.35. The molecular weight excluding hydrogens is 276 g/mol. The maximum absolute atomic E-state index is 11.7. The van der Waals surface area contributed by atoms with Crippen LogP contribution < -0.4 is 5.32 Å². The Morgan fingerprint density at radius 1 is 1.30 bits per heavy atom. The van der Waals surface area contributed by atoms with Gasteiger partial charge in [0.15, 0.2) is 9.84 Å². The Bertz CT molecular complexity index is 586. The van der Waals surface area contributed by atoms with Gasteiger partial charge in [0.2, 0.25) is 5.91 Å². The van der Waals surface area contributed by atoms with Gasteiger partial charge in [0, 0.05) is 12.1 Å². The monoisotopic (exact) mass is 294 g/mol. The molecular formula is C14H18N2O3S. The van der Waals surface area contributed by atoms with Crippen molar-refractivity contribution in [1.82, 2.24) is 0 Å². The second-order valence-corrected chi connectivity index (χ2v) is 6.64. The molecule has 0 atom stereocenters. The Morgan fingerprint density at radius 2 is 1.95 bits per heavy atom. The number of hydrogen-bond acceptors (Lipinski definition) is 4. The van der Waals surface area contributed by atoms with Gasteiger partial charge < -0.3 is 5.32 Å². The first kappa shape index (κ1) is 16.2. The van der Waals surface area contributed by atoms with Crippen LogP contribution >= 0.6 is 0 Å². The Morgan fingerprint density at radius 3 is 2.50 bits per heavy atom. The summed E-state index contributed by atoms with van der Waals surface area (Å²) in [5.74, 6) is -1.23. The fourth-order valence-corrected chi connectivity index (χ4v) is 2.86. The van der Waals surface area contributed by atoms with E-state index in [2.05, 4.69) is 5.32 Å². The van der Waals surface area contributed by atoms with Gasteiger partial charge in [-0.3, -0.25) is 4.79 Å². The van der Waals surface area contributed by atoms with Crippen LogP contribution in [0.5, 0.6) is 0 Å². The van der Waals surface area contributed by atoms with Crippen molar-refractivity contribution >= 4 is 21.4 Å². The van der Waals surface area contributed by atoms with E-state index in [1.165, 1.54) is 0 Å². The van der Waals surface area contributed by atoms with Crippen molar-refractivity contribution in [3.05, 3.63) is 29.8 Å². The first-order valence-electron chi connectivity index (χ1n) is 6.43. The molecule has 0 radical (unpaired) electrons. The van der Waals surface area contributed by atoms with Crippen LogP contribution in [-0.2, 0) is 21.1 Å². The predicted octanol–water partition coefficient (Wildman–Crippen LogP) is 1.91. The normalized spacial score (nSPS) is 10.8. The van der Waals surface area contributed by atoms with Gasteiger partial charge in [-0.1, -0.05) is 19.1 Å². The highest BCUT2D eigenvalue weighted by Gasteiger charge is 2.16. The van der Waals surface area contributed by atoms with Gasteiger partial charge in [0.1, 0.15) is 5.75 Å². The number of carbonyl (C=O) groups is 1. The first-order chi connectivity index (χ1) is 9.46. The number of benzene rings is 1. The summed E-state index contributed by atoms with van der Waals surface area (Å²) in [5.41, 5.74) is 1.73. The molecule has 0 fully saturated rings. The Labute approximate surface area is 119 Å². The van der Waals surface area contributed by atoms with E-state index in [0.29, 0.717) is 5.69 Å². The molecule has 0 unspecified atom stereocenters. The maximum Gasteiger partial charge on any atom is 0.239 e. The van der Waals surface area contributed by atoms with E-state index in [1.54, 1.807) is 12.1 Å². The van der Waals surface area contributed by atoms with E-state index >= 15 is 0 Å². The van der Waals surface area contributed by atoms with E-state index in [0.717, 1.165) is 12.0 Å². The van der Waals surface area contributed by atoms with Gasteiger partial charge in [-0.15, -0.1) is 0 Å². The van der Waals surface area contributed by atoms with Crippen LogP contribution in [0.4, 0.5) is 5.69 Å². The molecule has 0 aliphatic carbocycles. The molecule has 1 rings (SSSR count). The number of sulfone groups is 1. The van der Waals surface area contributed by atoms with Crippen LogP contribution in [0.3, 0.4) is 0 Å². The number of nitriles is 1. The highest BCUT2D eigenvalue weighted by molar-refractivity contribution is 7.92. The second-order valence-electron chi connectivity index (χ2n) is 4.45. The number of hydrogen-bond donors (Lipinski definition) is 1. The smallest absolute Gasteiger partial charge is 0.239 e. The number of amides is 1. The van der Waals surface area contributed by atoms with Crippen molar-refractivity contribution in [2.24, 2.45) is 0 Å². The number of aryl methyl sites for hydroxylation is 1. The third-order valence-electron chi connectivity index (χ3n) is 2.74. The molecule has 1 N–H and O–H groups in total. The van der Waals surface area contributed by atoms with E-state index in [4.69, 9.17) is 5.26 Å². The molecule has 0 saturated heterocycles. The minimum absolute atomic E-state index is 0.136. The molecule has 1 aromatic rings. The fourth-order valence-electron chi connectivity index (χ4n) is 1.66. The van der Waals surface area contributed by atoms with Gasteiger partial charge in [0.25, 0.3) is 0 Å². The topological polar surface area (TPSA) is 87.0 Å². The van der Waals surface area contributed by atoms with Crippen molar-refractivity contribution < 1.29 is 13.2 Å². The van der Waals surface area contributed by atoms with E-state index in [9.17, 15) is 13.2 Å². The Hall–Kier alpha value is -1.87. The molecule has 1 aromatic carbocycles. The maximum atomic E-state index is 11.7. The molecule has 0 spiro atoms. The van der Waals surface area contributed by atoms with Crippen molar-refractivity contribution in [2.45, 2.75) is 26.2 Å². The van der Waals surface area contributed by atoms with E-state index in [-0.39, 0.29) is 18.6 Å². The lowest BCUT2D eigenvalue weighted by Gasteiger charge is -2.06. The summed E-state index contributed by atoms with van der Waals surface area (Å²) in [5, 5.41) is 10.9. The number of anilines is 1. The molecule has 20 heavy (non-hydrogen) atoms. The standard InChI is InChI=1S/C14H18N2O3S/c1-2-12-5-7-13(8-6-12)16-14(17)11-20(18,19)10-4-3-9-15/h5-8H,2-4,10-11H2,1H3,(H,16,17). The van der Waals surface area contributed by atoms with Crippen molar-refractivity contribution in [3.63, 3.8) is 0 Å². The zero-order valence-corrected chi connectivity index (χ0v) is 12.2. The number of carbonyl (C=O) groups excluding carboxylic acids is 1. The minimum Gasteiger partial charge on any atom is -0.325 e. The molecule has 108 valence electrons. The van der Waals surface area contributed by atoms with Crippen molar-refractivity contribution in [1.29, 1.82) is 5.26 Å². The number of nitrogens with one attached hydrogen (secondary N) is 1. The lowest BCUT2D eigenvalue weighted by Crippen LogP contribution is -2.24. The zero-order chi connectivity index (χ0) is 15.0. The number of rotatable bonds is 7. The summed E-state index contributed by atoms with van der Waals surface area (Å²) in [6, 6.07) is 9.15. The molecule has 1 amide bonds. The largest absolute Gasteiger partial charge is 0.325 e. The van der Waals surface area contributed by atoms with Crippen LogP contribution in [0.25, 0.3) is 0 Å². The van der Waals surface area contributed by atoms with Gasteiger partial charge in [-0.2, -0.15) is 5.26 Å². The molecule has 5 nitrogen and oxygen atoms in total. The van der Waals surface area contributed by atoms with E-state index < -0.39 is 21.5 Å². The van der Waals surface area contributed by atoms with Crippen LogP contribution in [0, 0.1) is 11.3 Å². The van der Waals surface area contributed by atoms with Crippen molar-refractivity contribution in [3.8, 4) is 6.07 Å². The summed E-state index contributed by atoms with van der Waals surface area (Å²) >= 11 is 0. The lowest BCUT2D eigenvalue weighted by molar-refractivity contribution is -0.113. The summed E-state index contributed by atoms with van der Waals surface area (Å²) in [4.78, 5) is 11.7. The molecule has 0 saturated carbocycles. The van der Waals surface area contributed by atoms with Crippen LogP contribution in [0.2, 0.25) is 0 Å². The quantitative estimate of drug-likeness (QED) is 0.778. The summed E-state index contributed by atoms with van der Waals surface area (Å²) in [7, 11) is -3.45. The summed E-state index contributed by atoms with van der Waals surface area (Å²) < 4.78 is 23.3. The molecule has 0 bridgehead atoms. The Kier molecular flexibility index (Phi) is 6.19. The van der Waals surface area contributed by atoms with Crippen LogP contribution in [0.1, 0.15) is 25.3 Å². The number of nitrogens with zero attached hydrogens (tertiary/aromatic N) is 1. The third-order valence-corrected chi connectivity index (χ3v) is 4.35. The third kappa shape index (κ3) is 5.85.